The van der Waals surface area contributed by atoms with Crippen molar-refractivity contribution in [1.29, 1.82) is 0 Å². The summed E-state index contributed by atoms with van der Waals surface area (Å²) in [5.41, 5.74) is 1.02. The lowest BCUT2D eigenvalue weighted by atomic mass is 10.1. The van der Waals surface area contributed by atoms with Gasteiger partial charge in [0.25, 0.3) is 0 Å². The Morgan fingerprint density at radius 2 is 2.08 bits per heavy atom. The maximum absolute atomic E-state index is 12.3. The maximum Gasteiger partial charge on any atom is 0.369 e. The van der Waals surface area contributed by atoms with E-state index in [4.69, 9.17) is 0 Å². The normalized spacial score (nSPS) is 10.5. The van der Waals surface area contributed by atoms with E-state index in [2.05, 4.69) is 20.5 Å². The number of nitrogens with zero attached hydrogens (tertiary/aromatic N) is 4. The molecule has 1 aromatic carbocycles. The molecule has 10 heteroatoms. The highest BCUT2D eigenvalue weighted by atomic mass is 32.1. The fraction of sp³-hybridized carbons (Fsp3) is 0.188. The zero-order valence-corrected chi connectivity index (χ0v) is 14.8. The van der Waals surface area contributed by atoms with Crippen LogP contribution < -0.4 is 11.0 Å². The van der Waals surface area contributed by atoms with E-state index in [0.29, 0.717) is 16.3 Å². The molecule has 2 heterocycles. The first-order valence-corrected chi connectivity index (χ1v) is 8.43. The number of rotatable bonds is 5. The lowest BCUT2D eigenvalue weighted by molar-refractivity contribution is -0.117. The molecule has 0 aliphatic rings. The quantitative estimate of drug-likeness (QED) is 0.674. The van der Waals surface area contributed by atoms with Crippen molar-refractivity contribution < 1.29 is 14.3 Å². The first kappa shape index (κ1) is 17.5. The van der Waals surface area contributed by atoms with E-state index in [1.54, 1.807) is 31.2 Å². The molecule has 2 aromatic heterocycles. The average molecular weight is 373 g/mol. The van der Waals surface area contributed by atoms with Crippen LogP contribution in [0.4, 0.5) is 5.69 Å². The molecule has 0 radical (unpaired) electrons. The fourth-order valence-electron chi connectivity index (χ4n) is 2.23. The number of hydrogen-bond donors (Lipinski definition) is 1. The van der Waals surface area contributed by atoms with E-state index in [-0.39, 0.29) is 6.54 Å². The highest BCUT2D eigenvalue weighted by Gasteiger charge is 2.14. The third-order valence-electron chi connectivity index (χ3n) is 3.58. The van der Waals surface area contributed by atoms with Gasteiger partial charge in [0.05, 0.1) is 12.7 Å². The summed E-state index contributed by atoms with van der Waals surface area (Å²) in [4.78, 5) is 36.2. The van der Waals surface area contributed by atoms with Gasteiger partial charge in [-0.1, -0.05) is 6.07 Å². The van der Waals surface area contributed by atoms with Crippen molar-refractivity contribution >= 4 is 28.9 Å². The molecule has 0 atom stereocenters. The number of anilines is 1. The van der Waals surface area contributed by atoms with E-state index >= 15 is 0 Å². The van der Waals surface area contributed by atoms with Crippen molar-refractivity contribution in [2.75, 3.05) is 12.4 Å². The second-order valence-electron chi connectivity index (χ2n) is 5.35. The zero-order valence-electron chi connectivity index (χ0n) is 14.0. The number of carbonyl (C=O) groups is 2. The first-order chi connectivity index (χ1) is 12.5. The monoisotopic (exact) mass is 373 g/mol. The van der Waals surface area contributed by atoms with Crippen LogP contribution in [0, 0.1) is 6.92 Å². The predicted octanol–water partition coefficient (Wildman–Crippen LogP) is 1.22. The molecule has 0 aliphatic carbocycles. The summed E-state index contributed by atoms with van der Waals surface area (Å²) in [5, 5.41) is 12.6. The number of benzene rings is 1. The third-order valence-corrected chi connectivity index (χ3v) is 4.42. The van der Waals surface area contributed by atoms with Crippen LogP contribution in [0.1, 0.15) is 15.9 Å². The van der Waals surface area contributed by atoms with Gasteiger partial charge in [-0.25, -0.2) is 9.59 Å². The van der Waals surface area contributed by atoms with Crippen LogP contribution in [0.3, 0.4) is 0 Å². The van der Waals surface area contributed by atoms with Crippen molar-refractivity contribution in [3.05, 3.63) is 57.3 Å². The molecule has 0 bridgehead atoms. The molecule has 3 rings (SSSR count). The number of methoxy groups -OCH3 is 1. The van der Waals surface area contributed by atoms with Gasteiger partial charge in [-0.2, -0.15) is 9.36 Å². The second kappa shape index (κ2) is 7.31. The van der Waals surface area contributed by atoms with Crippen LogP contribution in [-0.2, 0) is 16.1 Å². The molecule has 3 aromatic rings. The smallest absolute Gasteiger partial charge is 0.369 e. The van der Waals surface area contributed by atoms with E-state index < -0.39 is 17.6 Å². The Morgan fingerprint density at radius 3 is 2.77 bits per heavy atom. The van der Waals surface area contributed by atoms with E-state index in [9.17, 15) is 14.4 Å². The van der Waals surface area contributed by atoms with Gasteiger partial charge in [0.1, 0.15) is 11.5 Å². The summed E-state index contributed by atoms with van der Waals surface area (Å²) >= 11 is 1.34. The third kappa shape index (κ3) is 3.54. The zero-order chi connectivity index (χ0) is 18.7. The van der Waals surface area contributed by atoms with Gasteiger partial charge in [0.15, 0.2) is 0 Å². The summed E-state index contributed by atoms with van der Waals surface area (Å²) in [7, 11) is 1.28. The lowest BCUT2D eigenvalue weighted by Gasteiger charge is -2.09. The van der Waals surface area contributed by atoms with Gasteiger partial charge in [0.2, 0.25) is 5.91 Å². The number of aryl methyl sites for hydroxylation is 1. The SMILES string of the molecule is COC(=O)c1ccc(C)c(NC(=O)Cn2nnn(-c3cccs3)c2=O)c1. The minimum Gasteiger partial charge on any atom is -0.465 e. The number of tetrazole rings is 1. The molecule has 0 saturated carbocycles. The van der Waals surface area contributed by atoms with E-state index in [1.165, 1.54) is 24.5 Å². The van der Waals surface area contributed by atoms with Crippen LogP contribution in [0.5, 0.6) is 0 Å². The second-order valence-corrected chi connectivity index (χ2v) is 6.28. The van der Waals surface area contributed by atoms with Gasteiger partial charge < -0.3 is 10.1 Å². The molecule has 134 valence electrons. The molecule has 0 unspecified atom stereocenters. The predicted molar refractivity (Wildman–Crippen MR) is 94.6 cm³/mol. The van der Waals surface area contributed by atoms with Crippen molar-refractivity contribution in [1.82, 2.24) is 19.8 Å². The largest absolute Gasteiger partial charge is 0.465 e. The Labute approximate surface area is 151 Å². The Bertz CT molecular complexity index is 1010. The number of amides is 1. The highest BCUT2D eigenvalue weighted by Crippen LogP contribution is 2.17. The van der Waals surface area contributed by atoms with Crippen LogP contribution >= 0.6 is 11.3 Å². The van der Waals surface area contributed by atoms with Crippen LogP contribution in [-0.4, -0.2) is 38.8 Å². The molecule has 0 saturated heterocycles. The van der Waals surface area contributed by atoms with Gasteiger partial charge in [-0.3, -0.25) is 4.79 Å². The topological polar surface area (TPSA) is 108 Å². The van der Waals surface area contributed by atoms with Crippen molar-refractivity contribution in [3.8, 4) is 5.00 Å². The molecule has 26 heavy (non-hydrogen) atoms. The van der Waals surface area contributed by atoms with Crippen LogP contribution in [0.2, 0.25) is 0 Å². The summed E-state index contributed by atoms with van der Waals surface area (Å²) < 4.78 is 6.76. The maximum atomic E-state index is 12.3. The minimum absolute atomic E-state index is 0.300. The fourth-order valence-corrected chi connectivity index (χ4v) is 2.90. The number of ether oxygens (including phenoxy) is 1. The first-order valence-electron chi connectivity index (χ1n) is 7.55. The standard InChI is InChI=1S/C16H15N5O4S/c1-10-5-6-11(15(23)25-2)8-12(10)17-13(22)9-20-16(24)21(19-18-20)14-4-3-7-26-14/h3-8H,9H2,1-2H3,(H,17,22). The molecule has 1 amide bonds. The number of esters is 1. The Hall–Kier alpha value is -3.27. The molecule has 0 fully saturated rings. The number of carbonyl (C=O) groups excluding carboxylic acids is 2. The van der Waals surface area contributed by atoms with Gasteiger partial charge in [-0.15, -0.1) is 11.3 Å². The summed E-state index contributed by atoms with van der Waals surface area (Å²) in [6.45, 7) is 1.49. The summed E-state index contributed by atoms with van der Waals surface area (Å²) in [5.74, 6) is -0.967. The molecule has 9 nitrogen and oxygen atoms in total. The van der Waals surface area contributed by atoms with E-state index in [1.807, 2.05) is 5.38 Å². The van der Waals surface area contributed by atoms with Gasteiger partial charge in [-0.05, 0) is 52.6 Å². The number of aromatic nitrogens is 4. The Balaban J connectivity index is 1.76. The number of thiophene rings is 1. The lowest BCUT2D eigenvalue weighted by Crippen LogP contribution is -2.29. The molecule has 1 N–H and O–H groups in total. The molecule has 0 spiro atoms. The van der Waals surface area contributed by atoms with Crippen molar-refractivity contribution in [2.24, 2.45) is 0 Å². The molecular weight excluding hydrogens is 358 g/mol. The van der Waals surface area contributed by atoms with Crippen molar-refractivity contribution in [3.63, 3.8) is 0 Å². The van der Waals surface area contributed by atoms with Gasteiger partial charge >= 0.3 is 11.7 Å². The number of nitrogens with one attached hydrogen (secondary N) is 1. The Morgan fingerprint density at radius 1 is 1.27 bits per heavy atom. The minimum atomic E-state index is -0.511. The summed E-state index contributed by atoms with van der Waals surface area (Å²) in [6, 6.07) is 8.33. The van der Waals surface area contributed by atoms with Crippen LogP contribution in [0.25, 0.3) is 5.00 Å². The van der Waals surface area contributed by atoms with Crippen LogP contribution in [0.15, 0.2) is 40.5 Å². The highest BCUT2D eigenvalue weighted by molar-refractivity contribution is 7.12. The van der Waals surface area contributed by atoms with Gasteiger partial charge in [0, 0.05) is 5.69 Å². The Kier molecular flexibility index (Phi) is 4.94. The molecular formula is C16H15N5O4S. The molecule has 0 aliphatic heterocycles. The average Bonchev–Trinajstić information content (AvgIpc) is 3.27. The summed E-state index contributed by atoms with van der Waals surface area (Å²) in [6.07, 6.45) is 0. The van der Waals surface area contributed by atoms with Crippen molar-refractivity contribution in [2.45, 2.75) is 13.5 Å². The van der Waals surface area contributed by atoms with E-state index in [0.717, 1.165) is 14.9 Å². The number of hydrogen-bond acceptors (Lipinski definition) is 7.